The summed E-state index contributed by atoms with van der Waals surface area (Å²) in [6.07, 6.45) is 4.08. The van der Waals surface area contributed by atoms with Crippen molar-refractivity contribution in [3.05, 3.63) is 47.1 Å². The van der Waals surface area contributed by atoms with Crippen LogP contribution in [0.4, 0.5) is 0 Å². The van der Waals surface area contributed by atoms with Gasteiger partial charge < -0.3 is 4.42 Å². The molecule has 0 atom stereocenters. The quantitative estimate of drug-likeness (QED) is 0.667. The van der Waals surface area contributed by atoms with E-state index in [1.165, 1.54) is 0 Å². The molecule has 0 bridgehead atoms. The van der Waals surface area contributed by atoms with Crippen molar-refractivity contribution in [3.8, 4) is 0 Å². The molecule has 0 aliphatic rings. The van der Waals surface area contributed by atoms with Gasteiger partial charge in [-0.25, -0.2) is 4.98 Å². The Labute approximate surface area is 102 Å². The average Bonchev–Trinajstić information content (AvgIpc) is 2.92. The smallest absolute Gasteiger partial charge is 0.203 e. The summed E-state index contributed by atoms with van der Waals surface area (Å²) in [6.45, 7) is 1.82. The Hall–Kier alpha value is -1.88. The minimum absolute atomic E-state index is 0.0381. The third kappa shape index (κ3) is 1.89. The zero-order valence-corrected chi connectivity index (χ0v) is 10.0. The Bertz CT molecular complexity index is 649. The van der Waals surface area contributed by atoms with Crippen LogP contribution in [-0.2, 0) is 6.42 Å². The lowest BCUT2D eigenvalue weighted by molar-refractivity contribution is 0.0964. The lowest BCUT2D eigenvalue weighted by Crippen LogP contribution is -2.02. The van der Waals surface area contributed by atoms with Crippen molar-refractivity contribution < 1.29 is 9.21 Å². The molecular weight excluding hydrogens is 236 g/mol. The molecule has 3 heterocycles. The van der Waals surface area contributed by atoms with Gasteiger partial charge in [0.25, 0.3) is 0 Å². The number of hydrogen-bond acceptors (Lipinski definition) is 4. The number of aryl methyl sites for hydroxylation is 1. The van der Waals surface area contributed by atoms with Crippen molar-refractivity contribution in [2.24, 2.45) is 0 Å². The second-order valence-electron chi connectivity index (χ2n) is 3.84. The second kappa shape index (κ2) is 3.85. The highest BCUT2D eigenvalue weighted by molar-refractivity contribution is 7.15. The summed E-state index contributed by atoms with van der Waals surface area (Å²) in [4.78, 5) is 17.2. The van der Waals surface area contributed by atoms with Gasteiger partial charge in [-0.05, 0) is 19.1 Å². The number of nitrogens with zero attached hydrogens (tertiary/aromatic N) is 2. The van der Waals surface area contributed by atoms with E-state index in [1.54, 1.807) is 23.5 Å². The lowest BCUT2D eigenvalue weighted by atomic mass is 10.2. The zero-order valence-electron chi connectivity index (χ0n) is 9.21. The number of imidazole rings is 1. The first kappa shape index (κ1) is 10.3. The SMILES string of the molecule is Cc1ccc(C(=O)Cc2cn3ccsc3n2)o1. The van der Waals surface area contributed by atoms with Gasteiger partial charge in [-0.3, -0.25) is 9.20 Å². The van der Waals surface area contributed by atoms with Crippen molar-refractivity contribution in [1.82, 2.24) is 9.38 Å². The highest BCUT2D eigenvalue weighted by Crippen LogP contribution is 2.14. The Morgan fingerprint density at radius 3 is 3.12 bits per heavy atom. The number of ketones is 1. The number of hydrogen-bond donors (Lipinski definition) is 0. The fraction of sp³-hybridized carbons (Fsp3) is 0.167. The van der Waals surface area contributed by atoms with E-state index in [0.29, 0.717) is 5.76 Å². The van der Waals surface area contributed by atoms with E-state index in [9.17, 15) is 4.79 Å². The van der Waals surface area contributed by atoms with E-state index in [0.717, 1.165) is 16.4 Å². The van der Waals surface area contributed by atoms with Crippen molar-refractivity contribution in [2.45, 2.75) is 13.3 Å². The van der Waals surface area contributed by atoms with Gasteiger partial charge >= 0.3 is 0 Å². The van der Waals surface area contributed by atoms with Gasteiger partial charge in [0.1, 0.15) is 5.76 Å². The lowest BCUT2D eigenvalue weighted by Gasteiger charge is -1.93. The molecule has 3 rings (SSSR count). The second-order valence-corrected chi connectivity index (χ2v) is 4.71. The average molecular weight is 246 g/mol. The van der Waals surface area contributed by atoms with Gasteiger partial charge in [-0.15, -0.1) is 11.3 Å². The maximum atomic E-state index is 11.9. The first-order valence-corrected chi connectivity index (χ1v) is 6.11. The molecule has 5 heteroatoms. The minimum Gasteiger partial charge on any atom is -0.458 e. The maximum Gasteiger partial charge on any atom is 0.203 e. The van der Waals surface area contributed by atoms with Gasteiger partial charge in [-0.1, -0.05) is 0 Å². The van der Waals surface area contributed by atoms with Crippen molar-refractivity contribution in [2.75, 3.05) is 0 Å². The number of carbonyl (C=O) groups excluding carboxylic acids is 1. The highest BCUT2D eigenvalue weighted by Gasteiger charge is 2.13. The van der Waals surface area contributed by atoms with Crippen molar-refractivity contribution in [1.29, 1.82) is 0 Å². The Balaban J connectivity index is 1.83. The summed E-state index contributed by atoms with van der Waals surface area (Å²) in [6, 6.07) is 3.50. The Morgan fingerprint density at radius 2 is 2.41 bits per heavy atom. The molecule has 17 heavy (non-hydrogen) atoms. The molecule has 0 fully saturated rings. The molecule has 3 aromatic rings. The molecule has 0 aromatic carbocycles. The largest absolute Gasteiger partial charge is 0.458 e. The van der Waals surface area contributed by atoms with E-state index in [1.807, 2.05) is 29.1 Å². The third-order valence-electron chi connectivity index (χ3n) is 2.50. The van der Waals surface area contributed by atoms with Crippen LogP contribution in [-0.4, -0.2) is 15.2 Å². The number of thiazole rings is 1. The molecule has 0 saturated carbocycles. The summed E-state index contributed by atoms with van der Waals surface area (Å²) in [7, 11) is 0. The summed E-state index contributed by atoms with van der Waals surface area (Å²) in [5.41, 5.74) is 0.774. The van der Waals surface area contributed by atoms with Gasteiger partial charge in [0.05, 0.1) is 12.1 Å². The molecule has 3 aromatic heterocycles. The summed E-state index contributed by atoms with van der Waals surface area (Å²) in [5.74, 6) is 1.11. The number of carbonyl (C=O) groups is 1. The van der Waals surface area contributed by atoms with E-state index in [4.69, 9.17) is 4.42 Å². The zero-order chi connectivity index (χ0) is 11.8. The monoisotopic (exact) mass is 246 g/mol. The molecule has 0 aliphatic carbocycles. The van der Waals surface area contributed by atoms with Crippen LogP contribution < -0.4 is 0 Å². The topological polar surface area (TPSA) is 47.5 Å². The van der Waals surface area contributed by atoms with Crippen LogP contribution in [0.5, 0.6) is 0 Å². The molecule has 4 nitrogen and oxygen atoms in total. The summed E-state index contributed by atoms with van der Waals surface area (Å²) < 4.78 is 7.21. The standard InChI is InChI=1S/C12H10N2O2S/c1-8-2-3-11(16-8)10(15)6-9-7-14-4-5-17-12(14)13-9/h2-5,7H,6H2,1H3. The number of Topliss-reactive ketones (excluding diaryl/α,β-unsaturated/α-hetero) is 1. The normalized spacial score (nSPS) is 11.1. The first-order chi connectivity index (χ1) is 8.22. The van der Waals surface area contributed by atoms with E-state index in [-0.39, 0.29) is 12.2 Å². The first-order valence-electron chi connectivity index (χ1n) is 5.23. The molecule has 0 unspecified atom stereocenters. The van der Waals surface area contributed by atoms with E-state index in [2.05, 4.69) is 4.98 Å². The number of rotatable bonds is 3. The van der Waals surface area contributed by atoms with Crippen LogP contribution in [0.3, 0.4) is 0 Å². The molecule has 0 saturated heterocycles. The van der Waals surface area contributed by atoms with Gasteiger partial charge in [0, 0.05) is 17.8 Å². The Morgan fingerprint density at radius 1 is 1.53 bits per heavy atom. The number of fused-ring (bicyclic) bond motifs is 1. The van der Waals surface area contributed by atoms with Gasteiger partial charge in [0.2, 0.25) is 5.78 Å². The van der Waals surface area contributed by atoms with E-state index >= 15 is 0 Å². The molecule has 0 N–H and O–H groups in total. The fourth-order valence-electron chi connectivity index (χ4n) is 1.70. The van der Waals surface area contributed by atoms with Crippen LogP contribution in [0.15, 0.2) is 34.3 Å². The molecule has 86 valence electrons. The van der Waals surface area contributed by atoms with Crippen LogP contribution >= 0.6 is 11.3 Å². The van der Waals surface area contributed by atoms with Crippen molar-refractivity contribution in [3.63, 3.8) is 0 Å². The number of aromatic nitrogens is 2. The predicted molar refractivity (Wildman–Crippen MR) is 64.5 cm³/mol. The predicted octanol–water partition coefficient (Wildman–Crippen LogP) is 2.72. The van der Waals surface area contributed by atoms with Crippen LogP contribution in [0.2, 0.25) is 0 Å². The van der Waals surface area contributed by atoms with Crippen LogP contribution in [0.1, 0.15) is 22.0 Å². The van der Waals surface area contributed by atoms with Gasteiger partial charge in [-0.2, -0.15) is 0 Å². The van der Waals surface area contributed by atoms with Crippen LogP contribution in [0.25, 0.3) is 4.96 Å². The molecular formula is C12H10N2O2S. The van der Waals surface area contributed by atoms with Crippen LogP contribution in [0, 0.1) is 6.92 Å². The summed E-state index contributed by atoms with van der Waals surface area (Å²) in [5, 5.41) is 1.96. The molecule has 0 aliphatic heterocycles. The maximum absolute atomic E-state index is 11.9. The van der Waals surface area contributed by atoms with E-state index < -0.39 is 0 Å². The fourth-order valence-corrected chi connectivity index (χ4v) is 2.42. The number of furan rings is 1. The molecule has 0 amide bonds. The van der Waals surface area contributed by atoms with Gasteiger partial charge in [0.15, 0.2) is 10.7 Å². The molecule has 0 spiro atoms. The minimum atomic E-state index is -0.0381. The molecule has 0 radical (unpaired) electrons. The highest BCUT2D eigenvalue weighted by atomic mass is 32.1. The third-order valence-corrected chi connectivity index (χ3v) is 3.27. The Kier molecular flexibility index (Phi) is 2.33. The summed E-state index contributed by atoms with van der Waals surface area (Å²) >= 11 is 1.55. The van der Waals surface area contributed by atoms with Crippen molar-refractivity contribution >= 4 is 22.1 Å².